The Morgan fingerprint density at radius 1 is 1.26 bits per heavy atom. The van der Waals surface area contributed by atoms with Crippen molar-refractivity contribution in [3.63, 3.8) is 0 Å². The van der Waals surface area contributed by atoms with Crippen LogP contribution in [0.15, 0.2) is 42.7 Å². The highest BCUT2D eigenvalue weighted by atomic mass is 35.5. The highest BCUT2D eigenvalue weighted by Crippen LogP contribution is 2.31. The van der Waals surface area contributed by atoms with E-state index in [0.29, 0.717) is 0 Å². The van der Waals surface area contributed by atoms with E-state index in [4.69, 9.17) is 17.3 Å². The standard InChI is InChI=1S/C14H15ClN4/c15-11-4-1-3-10(9-11)13(16)12-5-8-19(12)14-17-6-2-7-18-14/h1-4,6-7,9,12-13H,5,8,16H2/t12-,13+/m0/s1. The van der Waals surface area contributed by atoms with Crippen molar-refractivity contribution in [1.29, 1.82) is 0 Å². The zero-order chi connectivity index (χ0) is 13.2. The molecule has 1 fully saturated rings. The van der Waals surface area contributed by atoms with Crippen molar-refractivity contribution >= 4 is 17.5 Å². The molecule has 1 aliphatic heterocycles. The first-order valence-electron chi connectivity index (χ1n) is 6.30. The number of benzene rings is 1. The maximum Gasteiger partial charge on any atom is 0.225 e. The molecule has 2 N–H and O–H groups in total. The molecule has 3 rings (SSSR count). The van der Waals surface area contributed by atoms with Crippen LogP contribution < -0.4 is 10.6 Å². The number of halogens is 1. The summed E-state index contributed by atoms with van der Waals surface area (Å²) in [6.45, 7) is 0.947. The molecule has 19 heavy (non-hydrogen) atoms. The second kappa shape index (κ2) is 5.15. The summed E-state index contributed by atoms with van der Waals surface area (Å²) in [5.41, 5.74) is 7.39. The van der Waals surface area contributed by atoms with Crippen LogP contribution in [0.2, 0.25) is 5.02 Å². The lowest BCUT2D eigenvalue weighted by Crippen LogP contribution is -2.54. The molecule has 1 saturated heterocycles. The van der Waals surface area contributed by atoms with Crippen molar-refractivity contribution in [1.82, 2.24) is 9.97 Å². The highest BCUT2D eigenvalue weighted by molar-refractivity contribution is 6.30. The highest BCUT2D eigenvalue weighted by Gasteiger charge is 2.35. The summed E-state index contributed by atoms with van der Waals surface area (Å²) in [7, 11) is 0. The molecule has 5 heteroatoms. The van der Waals surface area contributed by atoms with Gasteiger partial charge in [0, 0.05) is 24.0 Å². The number of aromatic nitrogens is 2. The van der Waals surface area contributed by atoms with Gasteiger partial charge in [-0.25, -0.2) is 9.97 Å². The molecule has 0 saturated carbocycles. The van der Waals surface area contributed by atoms with Crippen molar-refractivity contribution in [2.45, 2.75) is 18.5 Å². The molecule has 4 nitrogen and oxygen atoms in total. The van der Waals surface area contributed by atoms with Gasteiger partial charge < -0.3 is 10.6 Å². The van der Waals surface area contributed by atoms with E-state index in [-0.39, 0.29) is 12.1 Å². The van der Waals surface area contributed by atoms with Gasteiger partial charge in [0.05, 0.1) is 12.1 Å². The third-order valence-electron chi connectivity index (χ3n) is 3.52. The van der Waals surface area contributed by atoms with Crippen molar-refractivity contribution < 1.29 is 0 Å². The van der Waals surface area contributed by atoms with Crippen LogP contribution in [0.25, 0.3) is 0 Å². The topological polar surface area (TPSA) is 55.0 Å². The summed E-state index contributed by atoms with van der Waals surface area (Å²) in [6.07, 6.45) is 4.55. The predicted octanol–water partition coefficient (Wildman–Crippen LogP) is 2.41. The lowest BCUT2D eigenvalue weighted by atomic mass is 9.91. The van der Waals surface area contributed by atoms with Crippen molar-refractivity contribution in [3.05, 3.63) is 53.3 Å². The zero-order valence-corrected chi connectivity index (χ0v) is 11.2. The maximum absolute atomic E-state index is 6.34. The van der Waals surface area contributed by atoms with Crippen LogP contribution in [0, 0.1) is 0 Å². The molecule has 1 aromatic carbocycles. The van der Waals surface area contributed by atoms with Crippen molar-refractivity contribution in [3.8, 4) is 0 Å². The van der Waals surface area contributed by atoms with E-state index in [0.717, 1.165) is 29.5 Å². The molecule has 2 heterocycles. The summed E-state index contributed by atoms with van der Waals surface area (Å²) >= 11 is 6.01. The van der Waals surface area contributed by atoms with E-state index in [2.05, 4.69) is 14.9 Å². The molecule has 0 radical (unpaired) electrons. The lowest BCUT2D eigenvalue weighted by Gasteiger charge is -2.44. The van der Waals surface area contributed by atoms with Gasteiger partial charge in [-0.2, -0.15) is 0 Å². The van der Waals surface area contributed by atoms with Crippen LogP contribution in [0.1, 0.15) is 18.0 Å². The summed E-state index contributed by atoms with van der Waals surface area (Å²) in [5, 5.41) is 0.717. The van der Waals surface area contributed by atoms with Gasteiger partial charge in [0.15, 0.2) is 0 Å². The Bertz CT molecular complexity index is 560. The summed E-state index contributed by atoms with van der Waals surface area (Å²) in [6, 6.07) is 9.70. The van der Waals surface area contributed by atoms with Gasteiger partial charge in [-0.3, -0.25) is 0 Å². The van der Waals surface area contributed by atoms with Gasteiger partial charge in [0.1, 0.15) is 0 Å². The van der Waals surface area contributed by atoms with Crippen LogP contribution in [0.5, 0.6) is 0 Å². The number of hydrogen-bond donors (Lipinski definition) is 1. The Kier molecular flexibility index (Phi) is 3.36. The van der Waals surface area contributed by atoms with E-state index in [1.54, 1.807) is 12.4 Å². The van der Waals surface area contributed by atoms with Gasteiger partial charge in [0.25, 0.3) is 0 Å². The number of hydrogen-bond acceptors (Lipinski definition) is 4. The maximum atomic E-state index is 6.34. The minimum atomic E-state index is -0.0729. The second-order valence-electron chi connectivity index (χ2n) is 4.68. The van der Waals surface area contributed by atoms with Crippen LogP contribution in [-0.2, 0) is 0 Å². The molecule has 0 bridgehead atoms. The average Bonchev–Trinajstić information content (AvgIpc) is 2.38. The minimum absolute atomic E-state index is 0.0729. The fourth-order valence-electron chi connectivity index (χ4n) is 2.40. The molecule has 0 spiro atoms. The quantitative estimate of drug-likeness (QED) is 0.934. The fraction of sp³-hybridized carbons (Fsp3) is 0.286. The fourth-order valence-corrected chi connectivity index (χ4v) is 2.60. The molecular formula is C14H15ClN4. The van der Waals surface area contributed by atoms with E-state index < -0.39 is 0 Å². The summed E-state index contributed by atoms with van der Waals surface area (Å²) in [4.78, 5) is 10.7. The predicted molar refractivity (Wildman–Crippen MR) is 76.2 cm³/mol. The zero-order valence-electron chi connectivity index (χ0n) is 10.4. The van der Waals surface area contributed by atoms with E-state index >= 15 is 0 Å². The third kappa shape index (κ3) is 2.41. The molecule has 0 amide bonds. The van der Waals surface area contributed by atoms with Gasteiger partial charge >= 0.3 is 0 Å². The van der Waals surface area contributed by atoms with Crippen LogP contribution in [-0.4, -0.2) is 22.6 Å². The molecule has 1 aliphatic rings. The molecule has 2 atom stereocenters. The van der Waals surface area contributed by atoms with Gasteiger partial charge in [0.2, 0.25) is 5.95 Å². The number of nitrogens with two attached hydrogens (primary N) is 1. The third-order valence-corrected chi connectivity index (χ3v) is 3.76. The van der Waals surface area contributed by atoms with Gasteiger partial charge in [-0.15, -0.1) is 0 Å². The Hall–Kier alpha value is -1.65. The summed E-state index contributed by atoms with van der Waals surface area (Å²) in [5.74, 6) is 0.747. The van der Waals surface area contributed by atoms with Crippen molar-refractivity contribution in [2.24, 2.45) is 5.73 Å². The Morgan fingerprint density at radius 3 is 2.68 bits per heavy atom. The molecule has 0 aliphatic carbocycles. The Labute approximate surface area is 117 Å². The van der Waals surface area contributed by atoms with Crippen LogP contribution in [0.3, 0.4) is 0 Å². The van der Waals surface area contributed by atoms with Crippen LogP contribution in [0.4, 0.5) is 5.95 Å². The number of rotatable bonds is 3. The number of nitrogens with zero attached hydrogens (tertiary/aromatic N) is 3. The van der Waals surface area contributed by atoms with Gasteiger partial charge in [-0.05, 0) is 30.2 Å². The molecule has 98 valence electrons. The van der Waals surface area contributed by atoms with Gasteiger partial charge in [-0.1, -0.05) is 23.7 Å². The number of anilines is 1. The Morgan fingerprint density at radius 2 is 2.05 bits per heavy atom. The Balaban J connectivity index is 1.79. The first-order valence-corrected chi connectivity index (χ1v) is 6.68. The minimum Gasteiger partial charge on any atom is -0.336 e. The largest absolute Gasteiger partial charge is 0.336 e. The lowest BCUT2D eigenvalue weighted by molar-refractivity contribution is 0.379. The molecule has 1 aromatic heterocycles. The molecule has 0 unspecified atom stereocenters. The smallest absolute Gasteiger partial charge is 0.225 e. The average molecular weight is 275 g/mol. The normalized spacial score (nSPS) is 19.9. The SMILES string of the molecule is N[C@H](c1cccc(Cl)c1)[C@@H]1CCN1c1ncccn1. The second-order valence-corrected chi connectivity index (χ2v) is 5.12. The van der Waals surface area contributed by atoms with Crippen molar-refractivity contribution in [2.75, 3.05) is 11.4 Å². The van der Waals surface area contributed by atoms with Crippen LogP contribution >= 0.6 is 11.6 Å². The first-order chi connectivity index (χ1) is 9.25. The summed E-state index contributed by atoms with van der Waals surface area (Å²) < 4.78 is 0. The monoisotopic (exact) mass is 274 g/mol. The molecular weight excluding hydrogens is 260 g/mol. The molecule has 2 aromatic rings. The van der Waals surface area contributed by atoms with E-state index in [9.17, 15) is 0 Å². The first kappa shape index (κ1) is 12.4. The van der Waals surface area contributed by atoms with E-state index in [1.165, 1.54) is 0 Å². The van der Waals surface area contributed by atoms with E-state index in [1.807, 2.05) is 30.3 Å².